The van der Waals surface area contributed by atoms with Crippen LogP contribution in [0.4, 0.5) is 0 Å². The van der Waals surface area contributed by atoms with Crippen LogP contribution in [0.15, 0.2) is 0 Å². The third kappa shape index (κ3) is 4.44. The van der Waals surface area contributed by atoms with Crippen molar-refractivity contribution in [2.45, 2.75) is 13.3 Å². The Labute approximate surface area is 47.7 Å². The number of halogens is 1. The van der Waals surface area contributed by atoms with Crippen LogP contribution in [-0.4, -0.2) is 17.5 Å². The first-order valence-corrected chi connectivity index (χ1v) is 2.85. The highest BCUT2D eigenvalue weighted by Gasteiger charge is 1.82. The van der Waals surface area contributed by atoms with E-state index < -0.39 is 0 Å². The van der Waals surface area contributed by atoms with Crippen LogP contribution >= 0.6 is 16.1 Å². The molecule has 38 valence electrons. The zero-order chi connectivity index (χ0) is 4.99. The fourth-order valence-electron chi connectivity index (χ4n) is 0.308. The van der Waals surface area contributed by atoms with E-state index in [4.69, 9.17) is 0 Å². The first-order chi connectivity index (χ1) is 2.77. The van der Waals surface area contributed by atoms with E-state index in [1.807, 2.05) is 11.0 Å². The van der Waals surface area contributed by atoms with Crippen LogP contribution in [0, 0.1) is 0 Å². The second-order valence-corrected chi connectivity index (χ2v) is 2.54. The monoisotopic (exact) mass is 151 g/mol. The van der Waals surface area contributed by atoms with Gasteiger partial charge in [0, 0.05) is 22.7 Å². The van der Waals surface area contributed by atoms with E-state index in [0.717, 1.165) is 6.54 Å². The molecule has 0 saturated carbocycles. The lowest BCUT2D eigenvalue weighted by Crippen LogP contribution is -2.02. The predicted molar refractivity (Wildman–Crippen MR) is 31.8 cm³/mol. The Kier molecular flexibility index (Phi) is 3.89. The molecule has 0 bridgehead atoms. The summed E-state index contributed by atoms with van der Waals surface area (Å²) >= 11 is 3.27. The maximum absolute atomic E-state index is 3.27. The molecule has 0 aliphatic heterocycles. The maximum Gasteiger partial charge on any atom is 0.0117 e. The van der Waals surface area contributed by atoms with Crippen molar-refractivity contribution < 1.29 is 0 Å². The van der Waals surface area contributed by atoms with Crippen LogP contribution in [0.5, 0.6) is 0 Å². The Bertz CT molecular complexity index is 28.7. The minimum Gasteiger partial charge on any atom is -0.245 e. The van der Waals surface area contributed by atoms with Crippen molar-refractivity contribution in [3.63, 3.8) is 0 Å². The maximum atomic E-state index is 3.27. The minimum atomic E-state index is 1.12. The van der Waals surface area contributed by atoms with Gasteiger partial charge in [-0.1, -0.05) is 6.92 Å². The summed E-state index contributed by atoms with van der Waals surface area (Å²) in [6.07, 6.45) is 1.21. The van der Waals surface area contributed by atoms with Gasteiger partial charge in [-0.25, -0.2) is 3.93 Å². The van der Waals surface area contributed by atoms with E-state index in [1.165, 1.54) is 6.42 Å². The van der Waals surface area contributed by atoms with Crippen LogP contribution in [0.2, 0.25) is 0 Å². The smallest absolute Gasteiger partial charge is 0.0117 e. The van der Waals surface area contributed by atoms with Crippen LogP contribution in [0.1, 0.15) is 13.3 Å². The molecule has 0 radical (unpaired) electrons. The highest BCUT2D eigenvalue weighted by atomic mass is 79.9. The first kappa shape index (κ1) is 6.44. The summed E-state index contributed by atoms with van der Waals surface area (Å²) in [5.41, 5.74) is 0. The van der Waals surface area contributed by atoms with Crippen LogP contribution in [0.25, 0.3) is 0 Å². The van der Waals surface area contributed by atoms with Crippen molar-refractivity contribution in [1.29, 1.82) is 0 Å². The Morgan fingerprint density at radius 2 is 2.17 bits per heavy atom. The Morgan fingerprint density at radius 1 is 1.67 bits per heavy atom. The lowest BCUT2D eigenvalue weighted by Gasteiger charge is -2.00. The van der Waals surface area contributed by atoms with Crippen molar-refractivity contribution >= 4 is 16.1 Å². The summed E-state index contributed by atoms with van der Waals surface area (Å²) in [5.74, 6) is 0. The molecule has 0 aromatic heterocycles. The van der Waals surface area contributed by atoms with Gasteiger partial charge in [0.2, 0.25) is 0 Å². The van der Waals surface area contributed by atoms with Gasteiger partial charge in [-0.05, 0) is 13.5 Å². The molecule has 0 atom stereocenters. The van der Waals surface area contributed by atoms with Crippen LogP contribution in [-0.2, 0) is 0 Å². The topological polar surface area (TPSA) is 3.24 Å². The lowest BCUT2D eigenvalue weighted by molar-refractivity contribution is 0.578. The summed E-state index contributed by atoms with van der Waals surface area (Å²) in [6.45, 7) is 3.28. The van der Waals surface area contributed by atoms with Gasteiger partial charge < -0.3 is 0 Å². The summed E-state index contributed by atoms with van der Waals surface area (Å²) in [7, 11) is 2.00. The van der Waals surface area contributed by atoms with E-state index >= 15 is 0 Å². The van der Waals surface area contributed by atoms with Crippen LogP contribution in [0.3, 0.4) is 0 Å². The SMILES string of the molecule is CCCN(C)Br. The van der Waals surface area contributed by atoms with E-state index in [0.29, 0.717) is 0 Å². The molecule has 0 aliphatic rings. The van der Waals surface area contributed by atoms with Crippen molar-refractivity contribution in [2.24, 2.45) is 0 Å². The predicted octanol–water partition coefficient (Wildman–Crippen LogP) is 1.64. The molecule has 0 amide bonds. The van der Waals surface area contributed by atoms with E-state index in [-0.39, 0.29) is 0 Å². The molecule has 0 unspecified atom stereocenters. The van der Waals surface area contributed by atoms with Gasteiger partial charge in [-0.15, -0.1) is 0 Å². The molecule has 0 saturated heterocycles. The molecule has 0 aliphatic carbocycles. The zero-order valence-electron chi connectivity index (χ0n) is 4.24. The second-order valence-electron chi connectivity index (χ2n) is 1.33. The molecule has 1 nitrogen and oxygen atoms in total. The molecule has 0 aromatic carbocycles. The normalized spacial score (nSPS) is 10.0. The second kappa shape index (κ2) is 3.62. The van der Waals surface area contributed by atoms with Gasteiger partial charge in [0.1, 0.15) is 0 Å². The molecule has 0 rings (SSSR count). The average molecular weight is 152 g/mol. The average Bonchev–Trinajstić information content (AvgIpc) is 1.35. The Morgan fingerprint density at radius 3 is 2.17 bits per heavy atom. The van der Waals surface area contributed by atoms with Gasteiger partial charge in [-0.2, -0.15) is 0 Å². The molecule has 2 heteroatoms. The van der Waals surface area contributed by atoms with Crippen molar-refractivity contribution in [3.05, 3.63) is 0 Å². The van der Waals surface area contributed by atoms with Gasteiger partial charge >= 0.3 is 0 Å². The summed E-state index contributed by atoms with van der Waals surface area (Å²) in [4.78, 5) is 0. The quantitative estimate of drug-likeness (QED) is 0.543. The number of hydrogen-bond donors (Lipinski definition) is 0. The van der Waals surface area contributed by atoms with Crippen LogP contribution < -0.4 is 0 Å². The lowest BCUT2D eigenvalue weighted by atomic mass is 10.5. The molecular weight excluding hydrogens is 142 g/mol. The summed E-state index contributed by atoms with van der Waals surface area (Å²) in [5, 5.41) is 0. The van der Waals surface area contributed by atoms with E-state index in [2.05, 4.69) is 23.1 Å². The van der Waals surface area contributed by atoms with E-state index in [9.17, 15) is 0 Å². The summed E-state index contributed by atoms with van der Waals surface area (Å²) in [6, 6.07) is 0. The zero-order valence-corrected chi connectivity index (χ0v) is 5.83. The fraction of sp³-hybridized carbons (Fsp3) is 1.00. The Hall–Kier alpha value is 0.440. The van der Waals surface area contributed by atoms with Gasteiger partial charge in [0.05, 0.1) is 0 Å². The highest BCUT2D eigenvalue weighted by molar-refractivity contribution is 9.07. The molecule has 0 heterocycles. The third-order valence-corrected chi connectivity index (χ3v) is 0.886. The van der Waals surface area contributed by atoms with Crippen molar-refractivity contribution in [3.8, 4) is 0 Å². The molecule has 0 spiro atoms. The first-order valence-electron chi connectivity index (χ1n) is 2.14. The molecule has 0 fully saturated rings. The number of hydrogen-bond acceptors (Lipinski definition) is 1. The molecule has 0 aromatic rings. The van der Waals surface area contributed by atoms with Crippen molar-refractivity contribution in [1.82, 2.24) is 3.93 Å². The van der Waals surface area contributed by atoms with Gasteiger partial charge in [0.25, 0.3) is 0 Å². The summed E-state index contributed by atoms with van der Waals surface area (Å²) < 4.78 is 1.99. The molecule has 6 heavy (non-hydrogen) atoms. The molecular formula is C4H10BrN. The third-order valence-electron chi connectivity index (χ3n) is 0.532. The van der Waals surface area contributed by atoms with Gasteiger partial charge in [0.15, 0.2) is 0 Å². The number of rotatable bonds is 2. The molecule has 0 N–H and O–H groups in total. The Balaban J connectivity index is 2.63. The largest absolute Gasteiger partial charge is 0.245 e. The fourth-order valence-corrected chi connectivity index (χ4v) is 0.663. The van der Waals surface area contributed by atoms with Gasteiger partial charge in [-0.3, -0.25) is 0 Å². The highest BCUT2D eigenvalue weighted by Crippen LogP contribution is 1.90. The number of nitrogens with zero attached hydrogens (tertiary/aromatic N) is 1. The van der Waals surface area contributed by atoms with E-state index in [1.54, 1.807) is 0 Å². The standard InChI is InChI=1S/C4H10BrN/c1-3-4-6(2)5/h3-4H2,1-2H3. The van der Waals surface area contributed by atoms with Crippen molar-refractivity contribution in [2.75, 3.05) is 13.6 Å². The minimum absolute atomic E-state index is 1.12.